The molecule has 0 spiro atoms. The SMILES string of the molecule is C[C](CCCNC(=O)C(O)C(C)(C)CO)C(C)=O. The van der Waals surface area contributed by atoms with Gasteiger partial charge in [0, 0.05) is 17.9 Å². The summed E-state index contributed by atoms with van der Waals surface area (Å²) in [4.78, 5) is 22.5. The number of ketones is 1. The Labute approximate surface area is 109 Å². The monoisotopic (exact) mass is 258 g/mol. The molecule has 0 saturated heterocycles. The van der Waals surface area contributed by atoms with Crippen molar-refractivity contribution in [3.8, 4) is 0 Å². The lowest BCUT2D eigenvalue weighted by Crippen LogP contribution is -2.45. The molecule has 0 saturated carbocycles. The number of carbonyl (C=O) groups excluding carboxylic acids is 2. The molecule has 0 heterocycles. The Kier molecular flexibility index (Phi) is 7.09. The van der Waals surface area contributed by atoms with Crippen LogP contribution in [0, 0.1) is 11.3 Å². The molecule has 0 aliphatic rings. The van der Waals surface area contributed by atoms with Crippen molar-refractivity contribution in [3.05, 3.63) is 5.92 Å². The second kappa shape index (κ2) is 7.48. The molecule has 5 nitrogen and oxygen atoms in total. The van der Waals surface area contributed by atoms with Crippen molar-refractivity contribution in [1.29, 1.82) is 0 Å². The number of carbonyl (C=O) groups is 2. The summed E-state index contributed by atoms with van der Waals surface area (Å²) in [6.07, 6.45) is 0.0545. The Morgan fingerprint density at radius 1 is 1.28 bits per heavy atom. The molecule has 0 aliphatic carbocycles. The van der Waals surface area contributed by atoms with Gasteiger partial charge in [-0.3, -0.25) is 9.59 Å². The fourth-order valence-electron chi connectivity index (χ4n) is 1.28. The number of aliphatic hydroxyl groups is 2. The number of aliphatic hydroxyl groups excluding tert-OH is 2. The van der Waals surface area contributed by atoms with Crippen molar-refractivity contribution in [2.24, 2.45) is 5.41 Å². The third kappa shape index (κ3) is 5.60. The van der Waals surface area contributed by atoms with E-state index in [9.17, 15) is 14.7 Å². The Morgan fingerprint density at radius 3 is 2.28 bits per heavy atom. The molecule has 5 heteroatoms. The molecule has 0 aliphatic heterocycles. The van der Waals surface area contributed by atoms with E-state index in [0.29, 0.717) is 19.4 Å². The Morgan fingerprint density at radius 2 is 1.83 bits per heavy atom. The minimum atomic E-state index is -1.24. The van der Waals surface area contributed by atoms with Gasteiger partial charge in [-0.05, 0) is 19.8 Å². The summed E-state index contributed by atoms with van der Waals surface area (Å²) in [5, 5.41) is 21.3. The van der Waals surface area contributed by atoms with Gasteiger partial charge in [-0.1, -0.05) is 20.8 Å². The van der Waals surface area contributed by atoms with Gasteiger partial charge in [0.25, 0.3) is 0 Å². The molecule has 0 aromatic rings. The predicted molar refractivity (Wildman–Crippen MR) is 68.7 cm³/mol. The first-order valence-electron chi connectivity index (χ1n) is 6.12. The van der Waals surface area contributed by atoms with Crippen LogP contribution in [0.25, 0.3) is 0 Å². The van der Waals surface area contributed by atoms with Gasteiger partial charge in [0.05, 0.1) is 6.61 Å². The van der Waals surface area contributed by atoms with E-state index in [0.717, 1.165) is 5.92 Å². The highest BCUT2D eigenvalue weighted by atomic mass is 16.3. The van der Waals surface area contributed by atoms with E-state index >= 15 is 0 Å². The van der Waals surface area contributed by atoms with Crippen LogP contribution in [0.4, 0.5) is 0 Å². The highest BCUT2D eigenvalue weighted by molar-refractivity contribution is 5.89. The van der Waals surface area contributed by atoms with Crippen LogP contribution in [-0.4, -0.2) is 41.2 Å². The molecule has 0 aromatic heterocycles. The van der Waals surface area contributed by atoms with Gasteiger partial charge in [-0.2, -0.15) is 0 Å². The minimum absolute atomic E-state index is 0.0581. The van der Waals surface area contributed by atoms with Crippen molar-refractivity contribution >= 4 is 11.7 Å². The van der Waals surface area contributed by atoms with Gasteiger partial charge >= 0.3 is 0 Å². The van der Waals surface area contributed by atoms with Crippen molar-refractivity contribution in [1.82, 2.24) is 5.32 Å². The molecule has 105 valence electrons. The van der Waals surface area contributed by atoms with Crippen LogP contribution in [-0.2, 0) is 9.59 Å². The number of amides is 1. The Hall–Kier alpha value is -0.940. The molecule has 0 bridgehead atoms. The quantitative estimate of drug-likeness (QED) is 0.552. The van der Waals surface area contributed by atoms with Gasteiger partial charge in [-0.15, -0.1) is 0 Å². The number of rotatable bonds is 8. The predicted octanol–water partition coefficient (Wildman–Crippen LogP) is 0.446. The van der Waals surface area contributed by atoms with Crippen LogP contribution in [0.2, 0.25) is 0 Å². The van der Waals surface area contributed by atoms with Crippen LogP contribution in [0.15, 0.2) is 0 Å². The van der Waals surface area contributed by atoms with Crippen LogP contribution in [0.1, 0.15) is 40.5 Å². The summed E-state index contributed by atoms with van der Waals surface area (Å²) in [5.74, 6) is 0.345. The van der Waals surface area contributed by atoms with Gasteiger partial charge in [0.15, 0.2) is 0 Å². The normalized spacial score (nSPS) is 13.5. The standard InChI is InChI=1S/C13H24NO4/c1-9(10(2)16)6-5-7-14-12(18)11(17)13(3,4)8-15/h11,15,17H,5-8H2,1-4H3,(H,14,18). The van der Waals surface area contributed by atoms with Crippen molar-refractivity contribution in [2.45, 2.75) is 46.6 Å². The van der Waals surface area contributed by atoms with Crippen LogP contribution < -0.4 is 5.32 Å². The molecule has 3 N–H and O–H groups in total. The van der Waals surface area contributed by atoms with E-state index in [4.69, 9.17) is 5.11 Å². The molecular weight excluding hydrogens is 234 g/mol. The number of hydrogen-bond acceptors (Lipinski definition) is 4. The Balaban J connectivity index is 3.95. The Bertz CT molecular complexity index is 289. The largest absolute Gasteiger partial charge is 0.396 e. The van der Waals surface area contributed by atoms with Gasteiger partial charge in [0.2, 0.25) is 5.91 Å². The van der Waals surface area contributed by atoms with Gasteiger partial charge in [-0.25, -0.2) is 0 Å². The van der Waals surface area contributed by atoms with E-state index < -0.39 is 17.4 Å². The lowest BCUT2D eigenvalue weighted by molar-refractivity contribution is -0.137. The van der Waals surface area contributed by atoms with Gasteiger partial charge < -0.3 is 15.5 Å². The minimum Gasteiger partial charge on any atom is -0.396 e. The molecule has 1 atom stereocenters. The van der Waals surface area contributed by atoms with Crippen LogP contribution >= 0.6 is 0 Å². The molecule has 1 amide bonds. The fourth-order valence-corrected chi connectivity index (χ4v) is 1.28. The van der Waals surface area contributed by atoms with E-state index in [1.165, 1.54) is 6.92 Å². The second-order valence-electron chi connectivity index (χ2n) is 5.28. The third-order valence-corrected chi connectivity index (χ3v) is 3.02. The molecular formula is C13H24NO4. The van der Waals surface area contributed by atoms with E-state index in [-0.39, 0.29) is 12.4 Å². The molecule has 1 radical (unpaired) electrons. The molecule has 18 heavy (non-hydrogen) atoms. The maximum absolute atomic E-state index is 11.6. The van der Waals surface area contributed by atoms with Crippen molar-refractivity contribution in [2.75, 3.05) is 13.2 Å². The van der Waals surface area contributed by atoms with Crippen LogP contribution in [0.3, 0.4) is 0 Å². The summed E-state index contributed by atoms with van der Waals surface area (Å²) in [6.45, 7) is 6.66. The lowest BCUT2D eigenvalue weighted by atomic mass is 9.87. The summed E-state index contributed by atoms with van der Waals surface area (Å²) in [7, 11) is 0. The molecule has 0 aromatic carbocycles. The van der Waals surface area contributed by atoms with E-state index in [2.05, 4.69) is 5.32 Å². The summed E-state index contributed by atoms with van der Waals surface area (Å²) < 4.78 is 0. The van der Waals surface area contributed by atoms with Crippen LogP contribution in [0.5, 0.6) is 0 Å². The molecule has 1 unspecified atom stereocenters. The second-order valence-corrected chi connectivity index (χ2v) is 5.28. The first-order chi connectivity index (χ1) is 8.22. The zero-order chi connectivity index (χ0) is 14.3. The zero-order valence-electron chi connectivity index (χ0n) is 11.6. The number of Topliss-reactive ketones (excluding diaryl/α,β-unsaturated/α-hetero) is 1. The molecule has 0 rings (SSSR count). The lowest BCUT2D eigenvalue weighted by Gasteiger charge is -2.27. The fraction of sp³-hybridized carbons (Fsp3) is 0.769. The average molecular weight is 258 g/mol. The summed E-state index contributed by atoms with van der Waals surface area (Å²) >= 11 is 0. The average Bonchev–Trinajstić information content (AvgIpc) is 2.32. The summed E-state index contributed by atoms with van der Waals surface area (Å²) in [6, 6.07) is 0. The first-order valence-corrected chi connectivity index (χ1v) is 6.12. The highest BCUT2D eigenvalue weighted by Gasteiger charge is 2.32. The topological polar surface area (TPSA) is 86.6 Å². The molecule has 0 fully saturated rings. The van der Waals surface area contributed by atoms with Crippen molar-refractivity contribution in [3.63, 3.8) is 0 Å². The summed E-state index contributed by atoms with van der Waals surface area (Å²) in [5.41, 5.74) is -0.856. The maximum Gasteiger partial charge on any atom is 0.249 e. The first kappa shape index (κ1) is 17.1. The zero-order valence-corrected chi connectivity index (χ0v) is 11.6. The number of hydrogen-bond donors (Lipinski definition) is 3. The third-order valence-electron chi connectivity index (χ3n) is 3.02. The van der Waals surface area contributed by atoms with E-state index in [1.54, 1.807) is 20.8 Å². The van der Waals surface area contributed by atoms with E-state index in [1.807, 2.05) is 0 Å². The van der Waals surface area contributed by atoms with Crippen molar-refractivity contribution < 1.29 is 19.8 Å². The number of nitrogens with one attached hydrogen (secondary N) is 1. The maximum atomic E-state index is 11.6. The van der Waals surface area contributed by atoms with Gasteiger partial charge in [0.1, 0.15) is 11.9 Å². The smallest absolute Gasteiger partial charge is 0.249 e. The highest BCUT2D eigenvalue weighted by Crippen LogP contribution is 2.19.